The molecule has 0 aliphatic carbocycles. The normalized spacial score (nSPS) is 12.2. The van der Waals surface area contributed by atoms with E-state index in [1.807, 2.05) is 36.6 Å². The molecule has 0 aromatic heterocycles. The van der Waals surface area contributed by atoms with Crippen LogP contribution in [0.4, 0.5) is 9.59 Å². The number of benzene rings is 1. The number of carboxylic acid groups (broad SMARTS) is 1. The van der Waals surface area contributed by atoms with Crippen molar-refractivity contribution in [2.45, 2.75) is 44.4 Å². The molecule has 2 atom stereocenters. The van der Waals surface area contributed by atoms with Gasteiger partial charge in [0, 0.05) is 6.54 Å². The van der Waals surface area contributed by atoms with Crippen LogP contribution in [0.15, 0.2) is 30.3 Å². The highest BCUT2D eigenvalue weighted by Crippen LogP contribution is 2.05. The summed E-state index contributed by atoms with van der Waals surface area (Å²) >= 11 is 1.47. The molecule has 11 heteroatoms. The fourth-order valence-corrected chi connectivity index (χ4v) is 3.15. The fourth-order valence-electron chi connectivity index (χ4n) is 2.68. The molecule has 32 heavy (non-hydrogen) atoms. The molecular formula is C21H31N3O7S. The quantitative estimate of drug-likeness (QED) is 0.240. The summed E-state index contributed by atoms with van der Waals surface area (Å²) in [4.78, 5) is 47.1. The monoisotopic (exact) mass is 469 g/mol. The Morgan fingerprint density at radius 2 is 1.72 bits per heavy atom. The summed E-state index contributed by atoms with van der Waals surface area (Å²) in [5.41, 5.74) is 0.881. The van der Waals surface area contributed by atoms with Gasteiger partial charge in [-0.25, -0.2) is 19.2 Å². The maximum Gasteiger partial charge on any atom is 0.407 e. The van der Waals surface area contributed by atoms with E-state index >= 15 is 0 Å². The van der Waals surface area contributed by atoms with Crippen LogP contribution in [-0.2, 0) is 25.7 Å². The van der Waals surface area contributed by atoms with Crippen molar-refractivity contribution in [3.8, 4) is 0 Å². The average molecular weight is 470 g/mol. The van der Waals surface area contributed by atoms with Crippen molar-refractivity contribution < 1.29 is 33.8 Å². The fraction of sp³-hybridized carbons (Fsp3) is 0.524. The number of hydrogen-bond donors (Lipinski definition) is 4. The van der Waals surface area contributed by atoms with E-state index in [0.717, 1.165) is 5.56 Å². The van der Waals surface area contributed by atoms with Crippen molar-refractivity contribution >= 4 is 35.8 Å². The summed E-state index contributed by atoms with van der Waals surface area (Å²) < 4.78 is 9.82. The number of hydrogen-bond acceptors (Lipinski definition) is 7. The van der Waals surface area contributed by atoms with Crippen LogP contribution in [-0.4, -0.2) is 66.9 Å². The Morgan fingerprint density at radius 1 is 1.03 bits per heavy atom. The Kier molecular flexibility index (Phi) is 13.4. The third-order valence-electron chi connectivity index (χ3n) is 4.41. The van der Waals surface area contributed by atoms with Crippen molar-refractivity contribution in [2.75, 3.05) is 25.7 Å². The largest absolute Gasteiger partial charge is 0.480 e. The van der Waals surface area contributed by atoms with E-state index < -0.39 is 36.1 Å². The maximum absolute atomic E-state index is 12.1. The minimum absolute atomic E-state index is 0.171. The summed E-state index contributed by atoms with van der Waals surface area (Å²) in [5, 5.41) is 16.6. The SMILES string of the molecule is COC(=O)[C@H](CCCCNC(=O)OCc1ccccc1)NC(=O)N[C@@H](CCSC)C(=O)O. The van der Waals surface area contributed by atoms with Gasteiger partial charge in [0.1, 0.15) is 18.7 Å². The first kappa shape index (κ1) is 27.1. The second-order valence-electron chi connectivity index (χ2n) is 6.85. The van der Waals surface area contributed by atoms with Gasteiger partial charge >= 0.3 is 24.1 Å². The van der Waals surface area contributed by atoms with Gasteiger partial charge in [0.05, 0.1) is 7.11 Å². The highest BCUT2D eigenvalue weighted by atomic mass is 32.2. The Hall–Kier alpha value is -2.95. The number of nitrogens with one attached hydrogen (secondary N) is 3. The molecule has 0 aliphatic heterocycles. The van der Waals surface area contributed by atoms with Gasteiger partial charge in [0.15, 0.2) is 0 Å². The number of urea groups is 1. The Morgan fingerprint density at radius 3 is 2.34 bits per heavy atom. The van der Waals surface area contributed by atoms with Crippen molar-refractivity contribution in [3.63, 3.8) is 0 Å². The minimum Gasteiger partial charge on any atom is -0.480 e. The van der Waals surface area contributed by atoms with Crippen molar-refractivity contribution in [1.82, 2.24) is 16.0 Å². The summed E-state index contributed by atoms with van der Waals surface area (Å²) in [6.45, 7) is 0.508. The van der Waals surface area contributed by atoms with Crippen molar-refractivity contribution in [2.24, 2.45) is 0 Å². The molecule has 0 heterocycles. The zero-order chi connectivity index (χ0) is 23.8. The summed E-state index contributed by atoms with van der Waals surface area (Å²) in [5.74, 6) is -1.21. The van der Waals surface area contributed by atoms with Gasteiger partial charge in [0.25, 0.3) is 0 Å². The predicted molar refractivity (Wildman–Crippen MR) is 120 cm³/mol. The molecule has 0 saturated carbocycles. The van der Waals surface area contributed by atoms with Crippen LogP contribution in [0, 0.1) is 0 Å². The standard InChI is InChI=1S/C21H31N3O7S/c1-30-19(27)17(24-20(28)23-16(18(25)26)11-13-32-2)10-6-7-12-22-21(29)31-14-15-8-4-3-5-9-15/h3-5,8-9,16-17H,6-7,10-14H2,1-2H3,(H,22,29)(H,25,26)(H2,23,24,28)/t16-,17-/m0/s1. The number of amides is 3. The van der Waals surface area contributed by atoms with Gasteiger partial charge in [-0.15, -0.1) is 0 Å². The molecule has 0 bridgehead atoms. The highest BCUT2D eigenvalue weighted by Gasteiger charge is 2.24. The van der Waals surface area contributed by atoms with Gasteiger partial charge in [-0.2, -0.15) is 11.8 Å². The number of carboxylic acids is 1. The Labute approximate surface area is 191 Å². The van der Waals surface area contributed by atoms with Crippen LogP contribution in [0.5, 0.6) is 0 Å². The molecule has 0 unspecified atom stereocenters. The van der Waals surface area contributed by atoms with Crippen LogP contribution in [0.25, 0.3) is 0 Å². The highest BCUT2D eigenvalue weighted by molar-refractivity contribution is 7.98. The number of rotatable bonds is 14. The molecule has 0 spiro atoms. The lowest BCUT2D eigenvalue weighted by Gasteiger charge is -2.19. The second-order valence-corrected chi connectivity index (χ2v) is 7.84. The van der Waals surface area contributed by atoms with Gasteiger partial charge in [-0.1, -0.05) is 30.3 Å². The lowest BCUT2D eigenvalue weighted by Crippen LogP contribution is -2.51. The Bertz CT molecular complexity index is 733. The number of ether oxygens (including phenoxy) is 2. The predicted octanol–water partition coefficient (Wildman–Crippen LogP) is 2.13. The number of esters is 1. The number of methoxy groups -OCH3 is 1. The number of unbranched alkanes of at least 4 members (excludes halogenated alkanes) is 1. The summed E-state index contributed by atoms with van der Waals surface area (Å²) in [6.07, 6.45) is 2.88. The molecular weight excluding hydrogens is 438 g/mol. The average Bonchev–Trinajstić information content (AvgIpc) is 2.79. The van der Waals surface area contributed by atoms with Crippen molar-refractivity contribution in [1.29, 1.82) is 0 Å². The van der Waals surface area contributed by atoms with E-state index in [1.54, 1.807) is 0 Å². The third kappa shape index (κ3) is 11.4. The molecule has 0 fully saturated rings. The molecule has 1 rings (SSSR count). The van der Waals surface area contributed by atoms with Crippen LogP contribution in [0.1, 0.15) is 31.2 Å². The van der Waals surface area contributed by atoms with E-state index in [-0.39, 0.29) is 19.4 Å². The molecule has 4 N–H and O–H groups in total. The third-order valence-corrected chi connectivity index (χ3v) is 5.05. The molecule has 178 valence electrons. The van der Waals surface area contributed by atoms with Crippen molar-refractivity contribution in [3.05, 3.63) is 35.9 Å². The first-order valence-corrected chi connectivity index (χ1v) is 11.6. The zero-order valence-electron chi connectivity index (χ0n) is 18.3. The summed E-state index contributed by atoms with van der Waals surface area (Å²) in [7, 11) is 1.21. The van der Waals surface area contributed by atoms with E-state index in [0.29, 0.717) is 25.1 Å². The molecule has 10 nitrogen and oxygen atoms in total. The van der Waals surface area contributed by atoms with Crippen LogP contribution in [0.2, 0.25) is 0 Å². The Balaban J connectivity index is 2.35. The maximum atomic E-state index is 12.1. The molecule has 0 radical (unpaired) electrons. The molecule has 0 saturated heterocycles. The smallest absolute Gasteiger partial charge is 0.407 e. The van der Waals surface area contributed by atoms with E-state index in [4.69, 9.17) is 9.47 Å². The number of carbonyl (C=O) groups excluding carboxylic acids is 3. The molecule has 1 aromatic rings. The number of carbonyl (C=O) groups is 4. The first-order chi connectivity index (χ1) is 15.4. The molecule has 3 amide bonds. The molecule has 0 aliphatic rings. The van der Waals surface area contributed by atoms with Gasteiger partial charge < -0.3 is 30.5 Å². The second kappa shape index (κ2) is 15.8. The van der Waals surface area contributed by atoms with Gasteiger partial charge in [0.2, 0.25) is 0 Å². The lowest BCUT2D eigenvalue weighted by molar-refractivity contribution is -0.143. The number of alkyl carbamates (subject to hydrolysis) is 1. The molecule has 1 aromatic carbocycles. The van der Waals surface area contributed by atoms with E-state index in [2.05, 4.69) is 16.0 Å². The first-order valence-electron chi connectivity index (χ1n) is 10.2. The topological polar surface area (TPSA) is 143 Å². The van der Waals surface area contributed by atoms with E-state index in [9.17, 15) is 24.3 Å². The summed E-state index contributed by atoms with van der Waals surface area (Å²) in [6, 6.07) is 6.56. The van der Waals surface area contributed by atoms with Gasteiger partial charge in [-0.05, 0) is 43.3 Å². The van der Waals surface area contributed by atoms with Gasteiger partial charge in [-0.3, -0.25) is 0 Å². The van der Waals surface area contributed by atoms with E-state index in [1.165, 1.54) is 18.9 Å². The number of thioether (sulfide) groups is 1. The minimum atomic E-state index is -1.14. The zero-order valence-corrected chi connectivity index (χ0v) is 19.1. The van der Waals surface area contributed by atoms with Crippen LogP contribution >= 0.6 is 11.8 Å². The number of aliphatic carboxylic acids is 1. The van der Waals surface area contributed by atoms with Crippen LogP contribution in [0.3, 0.4) is 0 Å². The lowest BCUT2D eigenvalue weighted by atomic mass is 10.1. The van der Waals surface area contributed by atoms with Crippen LogP contribution < -0.4 is 16.0 Å².